The van der Waals surface area contributed by atoms with E-state index in [1.165, 1.54) is 25.7 Å². The quantitative estimate of drug-likeness (QED) is 0.680. The van der Waals surface area contributed by atoms with Crippen LogP contribution in [0.15, 0.2) is 62.6 Å². The molecule has 0 saturated heterocycles. The number of benzene rings is 1. The molecule has 1 aliphatic rings. The minimum Gasteiger partial charge on any atom is -0.461 e. The highest BCUT2D eigenvalue weighted by atomic mass is 32.2. The van der Waals surface area contributed by atoms with Gasteiger partial charge in [-0.15, -0.1) is 11.8 Å². The second-order valence-corrected chi connectivity index (χ2v) is 7.37. The van der Waals surface area contributed by atoms with E-state index in [1.807, 2.05) is 30.0 Å². The van der Waals surface area contributed by atoms with Crippen molar-refractivity contribution in [3.63, 3.8) is 0 Å². The zero-order valence-corrected chi connectivity index (χ0v) is 14.4. The molecule has 1 N–H and O–H groups in total. The first-order chi connectivity index (χ1) is 12.3. The first-order valence-electron chi connectivity index (χ1n) is 8.37. The summed E-state index contributed by atoms with van der Waals surface area (Å²) in [6.45, 7) is 0. The molecule has 2 aromatic heterocycles. The lowest BCUT2D eigenvalue weighted by atomic mass is 10.3. The van der Waals surface area contributed by atoms with Crippen LogP contribution >= 0.6 is 11.8 Å². The van der Waals surface area contributed by atoms with Gasteiger partial charge in [0, 0.05) is 16.2 Å². The molecule has 0 radical (unpaired) electrons. The van der Waals surface area contributed by atoms with E-state index in [2.05, 4.69) is 16.5 Å². The van der Waals surface area contributed by atoms with Crippen molar-refractivity contribution < 1.29 is 13.7 Å². The van der Waals surface area contributed by atoms with Crippen LogP contribution in [-0.2, 0) is 0 Å². The molecule has 0 bridgehead atoms. The number of amides is 1. The number of thioether (sulfide) groups is 1. The summed E-state index contributed by atoms with van der Waals surface area (Å²) in [4.78, 5) is 13.6. The molecular formula is C19H18N2O3S. The van der Waals surface area contributed by atoms with Gasteiger partial charge in [0.05, 0.1) is 12.0 Å². The third-order valence-electron chi connectivity index (χ3n) is 4.24. The Bertz CT molecular complexity index is 851. The van der Waals surface area contributed by atoms with Gasteiger partial charge in [-0.1, -0.05) is 30.1 Å². The van der Waals surface area contributed by atoms with Gasteiger partial charge in [0.2, 0.25) is 5.76 Å². The van der Waals surface area contributed by atoms with E-state index in [0.717, 1.165) is 10.6 Å². The number of rotatable bonds is 5. The number of furan rings is 1. The average molecular weight is 354 g/mol. The highest BCUT2D eigenvalue weighted by molar-refractivity contribution is 8.00. The predicted octanol–water partition coefficient (Wildman–Crippen LogP) is 5.22. The molecule has 5 nitrogen and oxygen atoms in total. The summed E-state index contributed by atoms with van der Waals surface area (Å²) in [6.07, 6.45) is 6.61. The number of para-hydroxylation sites is 1. The third-order valence-corrected chi connectivity index (χ3v) is 5.65. The monoisotopic (exact) mass is 354 g/mol. The van der Waals surface area contributed by atoms with Crippen molar-refractivity contribution in [3.05, 3.63) is 54.4 Å². The van der Waals surface area contributed by atoms with Crippen molar-refractivity contribution in [2.45, 2.75) is 35.8 Å². The van der Waals surface area contributed by atoms with Gasteiger partial charge in [-0.05, 0) is 37.1 Å². The van der Waals surface area contributed by atoms with Crippen LogP contribution in [-0.4, -0.2) is 16.3 Å². The van der Waals surface area contributed by atoms with Crippen LogP contribution in [0.4, 0.5) is 5.69 Å². The Morgan fingerprint density at radius 2 is 1.96 bits per heavy atom. The number of anilines is 1. The van der Waals surface area contributed by atoms with Gasteiger partial charge in [-0.25, -0.2) is 0 Å². The largest absolute Gasteiger partial charge is 0.461 e. The molecule has 6 heteroatoms. The van der Waals surface area contributed by atoms with E-state index in [1.54, 1.807) is 24.5 Å². The van der Waals surface area contributed by atoms with E-state index in [0.29, 0.717) is 16.8 Å². The fourth-order valence-corrected chi connectivity index (χ4v) is 4.29. The highest BCUT2D eigenvalue weighted by Gasteiger charge is 2.20. The van der Waals surface area contributed by atoms with Crippen molar-refractivity contribution >= 4 is 23.4 Å². The van der Waals surface area contributed by atoms with Crippen molar-refractivity contribution in [2.75, 3.05) is 5.32 Å². The van der Waals surface area contributed by atoms with E-state index >= 15 is 0 Å². The maximum atomic E-state index is 12.5. The summed E-state index contributed by atoms with van der Waals surface area (Å²) >= 11 is 1.84. The van der Waals surface area contributed by atoms with Crippen molar-refractivity contribution in [2.24, 2.45) is 0 Å². The van der Waals surface area contributed by atoms with Crippen molar-refractivity contribution in [1.82, 2.24) is 5.16 Å². The Balaban J connectivity index is 1.49. The number of carbonyl (C=O) groups excluding carboxylic acids is 1. The fourth-order valence-electron chi connectivity index (χ4n) is 2.96. The highest BCUT2D eigenvalue weighted by Crippen LogP contribution is 2.38. The molecule has 0 spiro atoms. The predicted molar refractivity (Wildman–Crippen MR) is 96.7 cm³/mol. The lowest BCUT2D eigenvalue weighted by molar-refractivity contribution is 0.101. The van der Waals surface area contributed by atoms with E-state index in [9.17, 15) is 4.79 Å². The normalized spacial score (nSPS) is 14.7. The van der Waals surface area contributed by atoms with Gasteiger partial charge in [-0.2, -0.15) is 0 Å². The number of hydrogen-bond acceptors (Lipinski definition) is 5. The van der Waals surface area contributed by atoms with E-state index in [4.69, 9.17) is 8.94 Å². The molecular weight excluding hydrogens is 336 g/mol. The standard InChI is InChI=1S/C19H18N2O3S/c22-19(15-12-17(24-21-15)16-9-5-11-23-16)20-14-8-3-4-10-18(14)25-13-6-1-2-7-13/h3-5,8-13H,1-2,6-7H2,(H,20,22). The lowest BCUT2D eigenvalue weighted by Crippen LogP contribution is -2.13. The fraction of sp³-hybridized carbons (Fsp3) is 0.263. The minimum atomic E-state index is -0.291. The summed E-state index contributed by atoms with van der Waals surface area (Å²) in [5.41, 5.74) is 1.04. The van der Waals surface area contributed by atoms with Gasteiger partial charge in [0.15, 0.2) is 11.5 Å². The maximum Gasteiger partial charge on any atom is 0.277 e. The summed E-state index contributed by atoms with van der Waals surface area (Å²) in [5.74, 6) is 0.688. The Morgan fingerprint density at radius 1 is 1.12 bits per heavy atom. The van der Waals surface area contributed by atoms with E-state index < -0.39 is 0 Å². The first kappa shape index (κ1) is 16.0. The van der Waals surface area contributed by atoms with Gasteiger partial charge in [0.1, 0.15) is 0 Å². The zero-order chi connectivity index (χ0) is 17.1. The Hall–Kier alpha value is -2.47. The van der Waals surface area contributed by atoms with Crippen LogP contribution in [0.1, 0.15) is 36.2 Å². The van der Waals surface area contributed by atoms with Crippen LogP contribution in [0.25, 0.3) is 11.5 Å². The third kappa shape index (κ3) is 3.64. The smallest absolute Gasteiger partial charge is 0.277 e. The van der Waals surface area contributed by atoms with Gasteiger partial charge >= 0.3 is 0 Å². The van der Waals surface area contributed by atoms with Crippen LogP contribution < -0.4 is 5.32 Å². The second kappa shape index (κ2) is 7.19. The first-order valence-corrected chi connectivity index (χ1v) is 9.25. The molecule has 4 rings (SSSR count). The molecule has 1 saturated carbocycles. The molecule has 1 fully saturated rings. The summed E-state index contributed by atoms with van der Waals surface area (Å²) in [6, 6.07) is 13.0. The number of carbonyl (C=O) groups is 1. The van der Waals surface area contributed by atoms with Crippen LogP contribution in [0, 0.1) is 0 Å². The zero-order valence-electron chi connectivity index (χ0n) is 13.6. The molecule has 1 aliphatic carbocycles. The molecule has 0 unspecified atom stereocenters. The van der Waals surface area contributed by atoms with Crippen molar-refractivity contribution in [1.29, 1.82) is 0 Å². The maximum absolute atomic E-state index is 12.5. The Kier molecular flexibility index (Phi) is 4.61. The second-order valence-electron chi connectivity index (χ2n) is 6.03. The summed E-state index contributed by atoms with van der Waals surface area (Å²) in [7, 11) is 0. The van der Waals surface area contributed by atoms with E-state index in [-0.39, 0.29) is 11.6 Å². The summed E-state index contributed by atoms with van der Waals surface area (Å²) < 4.78 is 10.5. The molecule has 1 amide bonds. The molecule has 128 valence electrons. The molecule has 2 heterocycles. The molecule has 1 aromatic carbocycles. The Morgan fingerprint density at radius 3 is 2.76 bits per heavy atom. The Labute approximate surface area is 149 Å². The SMILES string of the molecule is O=C(Nc1ccccc1SC1CCCC1)c1cc(-c2ccco2)on1. The number of aromatic nitrogens is 1. The van der Waals surface area contributed by atoms with Crippen LogP contribution in [0.3, 0.4) is 0 Å². The lowest BCUT2D eigenvalue weighted by Gasteiger charge is -2.13. The van der Waals surface area contributed by atoms with Gasteiger partial charge in [0.25, 0.3) is 5.91 Å². The number of nitrogens with zero attached hydrogens (tertiary/aromatic N) is 1. The number of hydrogen-bond donors (Lipinski definition) is 1. The molecule has 0 aliphatic heterocycles. The summed E-state index contributed by atoms with van der Waals surface area (Å²) in [5, 5.41) is 7.43. The van der Waals surface area contributed by atoms with Gasteiger partial charge in [-0.3, -0.25) is 4.79 Å². The molecule has 3 aromatic rings. The topological polar surface area (TPSA) is 68.3 Å². The van der Waals surface area contributed by atoms with Crippen LogP contribution in [0.5, 0.6) is 0 Å². The average Bonchev–Trinajstić information content (AvgIpc) is 3.38. The molecule has 25 heavy (non-hydrogen) atoms. The van der Waals surface area contributed by atoms with Crippen LogP contribution in [0.2, 0.25) is 0 Å². The molecule has 0 atom stereocenters. The number of nitrogens with one attached hydrogen (secondary N) is 1. The van der Waals surface area contributed by atoms with Crippen molar-refractivity contribution in [3.8, 4) is 11.5 Å². The van der Waals surface area contributed by atoms with Gasteiger partial charge < -0.3 is 14.3 Å². The minimum absolute atomic E-state index is 0.229.